The van der Waals surface area contributed by atoms with Gasteiger partial charge >= 0.3 is 6.18 Å². The lowest BCUT2D eigenvalue weighted by Crippen LogP contribution is -2.23. The van der Waals surface area contributed by atoms with E-state index in [-0.39, 0.29) is 22.4 Å². The van der Waals surface area contributed by atoms with E-state index in [1.807, 2.05) is 34.5 Å². The van der Waals surface area contributed by atoms with Gasteiger partial charge in [-0.3, -0.25) is 4.72 Å². The Kier molecular flexibility index (Phi) is 6.11. The van der Waals surface area contributed by atoms with Crippen LogP contribution in [-0.4, -0.2) is 39.6 Å². The Labute approximate surface area is 175 Å². The van der Waals surface area contributed by atoms with Crippen LogP contribution in [0.2, 0.25) is 0 Å². The van der Waals surface area contributed by atoms with Gasteiger partial charge < -0.3 is 9.64 Å². The summed E-state index contributed by atoms with van der Waals surface area (Å²) in [5.41, 5.74) is -0.924. The maximum atomic E-state index is 13.3. The number of rotatable bonds is 5. The number of anilines is 1. The van der Waals surface area contributed by atoms with Gasteiger partial charge in [0.2, 0.25) is 0 Å². The van der Waals surface area contributed by atoms with Crippen molar-refractivity contribution in [3.63, 3.8) is 0 Å². The van der Waals surface area contributed by atoms with Gasteiger partial charge in [0.25, 0.3) is 10.0 Å². The number of likely N-dealkylation sites (tertiary alicyclic amines) is 1. The van der Waals surface area contributed by atoms with E-state index < -0.39 is 21.8 Å². The third kappa shape index (κ3) is 5.09. The second-order valence-electron chi connectivity index (χ2n) is 6.56. The molecule has 1 saturated heterocycles. The SMILES string of the molecule is CN1CC[C@@H](Oc2cc(NS(=O)(=O)c3ccc(I)cc3)ccc2C(F)(F)F)C1. The predicted octanol–water partition coefficient (Wildman–Crippen LogP) is 4.19. The van der Waals surface area contributed by atoms with Crippen molar-refractivity contribution >= 4 is 38.3 Å². The fraction of sp³-hybridized carbons (Fsp3) is 0.333. The van der Waals surface area contributed by atoms with Gasteiger partial charge in [0.15, 0.2) is 0 Å². The van der Waals surface area contributed by atoms with Gasteiger partial charge in [-0.1, -0.05) is 0 Å². The number of nitrogens with one attached hydrogen (secondary N) is 1. The number of likely N-dealkylation sites (N-methyl/N-ethyl adjacent to an activating group) is 1. The zero-order valence-electron chi connectivity index (χ0n) is 14.8. The highest BCUT2D eigenvalue weighted by Gasteiger charge is 2.36. The van der Waals surface area contributed by atoms with Crippen LogP contribution in [0.5, 0.6) is 5.75 Å². The summed E-state index contributed by atoms with van der Waals surface area (Å²) in [4.78, 5) is 1.98. The molecule has 28 heavy (non-hydrogen) atoms. The van der Waals surface area contributed by atoms with Crippen LogP contribution >= 0.6 is 22.6 Å². The summed E-state index contributed by atoms with van der Waals surface area (Å²) in [6, 6.07) is 9.13. The Hall–Kier alpha value is -1.53. The molecule has 5 nitrogen and oxygen atoms in total. The van der Waals surface area contributed by atoms with Gasteiger partial charge in [-0.25, -0.2) is 8.42 Å². The van der Waals surface area contributed by atoms with Gasteiger partial charge in [0, 0.05) is 22.7 Å². The predicted molar refractivity (Wildman–Crippen MR) is 108 cm³/mol. The quantitative estimate of drug-likeness (QED) is 0.594. The third-order valence-corrected chi connectivity index (χ3v) is 6.42. The molecule has 1 heterocycles. The van der Waals surface area contributed by atoms with Crippen LogP contribution < -0.4 is 9.46 Å². The zero-order valence-corrected chi connectivity index (χ0v) is 17.8. The fourth-order valence-electron chi connectivity index (χ4n) is 2.92. The van der Waals surface area contributed by atoms with Crippen LogP contribution in [0.15, 0.2) is 47.4 Å². The van der Waals surface area contributed by atoms with E-state index in [2.05, 4.69) is 4.72 Å². The summed E-state index contributed by atoms with van der Waals surface area (Å²) in [6.07, 6.45) is -4.38. The number of hydrogen-bond acceptors (Lipinski definition) is 4. The molecule has 0 aromatic heterocycles. The van der Waals surface area contributed by atoms with Crippen molar-refractivity contribution in [2.24, 2.45) is 0 Å². The summed E-state index contributed by atoms with van der Waals surface area (Å²) < 4.78 is 73.8. The van der Waals surface area contributed by atoms with E-state index in [4.69, 9.17) is 4.74 Å². The first-order valence-corrected chi connectivity index (χ1v) is 11.0. The molecule has 1 aliphatic heterocycles. The third-order valence-electron chi connectivity index (χ3n) is 4.30. The van der Waals surface area contributed by atoms with E-state index in [1.54, 1.807) is 12.1 Å². The zero-order chi connectivity index (χ0) is 20.5. The van der Waals surface area contributed by atoms with Crippen molar-refractivity contribution in [3.05, 3.63) is 51.6 Å². The van der Waals surface area contributed by atoms with Crippen molar-refractivity contribution < 1.29 is 26.3 Å². The van der Waals surface area contributed by atoms with Crippen LogP contribution in [0.25, 0.3) is 0 Å². The number of sulfonamides is 1. The van der Waals surface area contributed by atoms with Crippen molar-refractivity contribution in [1.82, 2.24) is 4.90 Å². The van der Waals surface area contributed by atoms with E-state index in [0.717, 1.165) is 28.3 Å². The summed E-state index contributed by atoms with van der Waals surface area (Å²) in [5.74, 6) is -0.379. The molecule has 1 N–H and O–H groups in total. The molecule has 2 aromatic carbocycles. The first-order chi connectivity index (χ1) is 13.0. The largest absolute Gasteiger partial charge is 0.488 e. The molecular formula is C18H18F3IN2O3S. The number of nitrogens with zero attached hydrogens (tertiary/aromatic N) is 1. The Morgan fingerprint density at radius 3 is 2.43 bits per heavy atom. The normalized spacial score (nSPS) is 18.2. The lowest BCUT2D eigenvalue weighted by atomic mass is 10.1. The second-order valence-corrected chi connectivity index (χ2v) is 9.49. The van der Waals surface area contributed by atoms with E-state index >= 15 is 0 Å². The van der Waals surface area contributed by atoms with Gasteiger partial charge in [-0.05, 0) is 72.5 Å². The van der Waals surface area contributed by atoms with Gasteiger partial charge in [0.1, 0.15) is 11.9 Å². The van der Waals surface area contributed by atoms with E-state index in [9.17, 15) is 21.6 Å². The molecule has 0 spiro atoms. The summed E-state index contributed by atoms with van der Waals surface area (Å²) in [5, 5.41) is 0. The first-order valence-electron chi connectivity index (χ1n) is 8.39. The topological polar surface area (TPSA) is 58.6 Å². The Balaban J connectivity index is 1.89. The van der Waals surface area contributed by atoms with Crippen molar-refractivity contribution in [2.75, 3.05) is 24.9 Å². The van der Waals surface area contributed by atoms with Crippen molar-refractivity contribution in [2.45, 2.75) is 23.6 Å². The molecule has 10 heteroatoms. The average molecular weight is 526 g/mol. The van der Waals surface area contributed by atoms with E-state index in [0.29, 0.717) is 13.0 Å². The van der Waals surface area contributed by atoms with Gasteiger partial charge in [-0.15, -0.1) is 0 Å². The summed E-state index contributed by atoms with van der Waals surface area (Å²) in [6.45, 7) is 1.24. The Bertz CT molecular complexity index is 950. The average Bonchev–Trinajstić information content (AvgIpc) is 2.99. The number of halogens is 4. The smallest absolute Gasteiger partial charge is 0.419 e. The van der Waals surface area contributed by atoms with Crippen LogP contribution in [0.1, 0.15) is 12.0 Å². The minimum absolute atomic E-state index is 0.00732. The molecule has 0 unspecified atom stereocenters. The Morgan fingerprint density at radius 1 is 1.18 bits per heavy atom. The van der Waals surface area contributed by atoms with Crippen LogP contribution in [0, 0.1) is 3.57 Å². The number of hydrogen-bond donors (Lipinski definition) is 1. The highest BCUT2D eigenvalue weighted by molar-refractivity contribution is 14.1. The maximum absolute atomic E-state index is 13.3. The molecule has 0 saturated carbocycles. The molecule has 1 fully saturated rings. The number of ether oxygens (including phenoxy) is 1. The number of alkyl halides is 3. The Morgan fingerprint density at radius 2 is 1.86 bits per heavy atom. The van der Waals surface area contributed by atoms with Gasteiger partial charge in [0.05, 0.1) is 16.1 Å². The molecule has 1 aliphatic rings. The van der Waals surface area contributed by atoms with Crippen LogP contribution in [0.3, 0.4) is 0 Å². The molecule has 2 aromatic rings. The van der Waals surface area contributed by atoms with Crippen LogP contribution in [-0.2, 0) is 16.2 Å². The molecule has 3 rings (SSSR count). The summed E-state index contributed by atoms with van der Waals surface area (Å²) in [7, 11) is -2.07. The maximum Gasteiger partial charge on any atom is 0.419 e. The lowest BCUT2D eigenvalue weighted by molar-refractivity contribution is -0.139. The fourth-order valence-corrected chi connectivity index (χ4v) is 4.32. The van der Waals surface area contributed by atoms with E-state index in [1.165, 1.54) is 12.1 Å². The monoisotopic (exact) mass is 526 g/mol. The first kappa shape index (κ1) is 21.2. The highest BCUT2D eigenvalue weighted by Crippen LogP contribution is 2.39. The highest BCUT2D eigenvalue weighted by atomic mass is 127. The second kappa shape index (κ2) is 8.07. The summed E-state index contributed by atoms with van der Waals surface area (Å²) >= 11 is 2.05. The lowest BCUT2D eigenvalue weighted by Gasteiger charge is -2.19. The molecule has 152 valence electrons. The van der Waals surface area contributed by atoms with Crippen LogP contribution in [0.4, 0.5) is 18.9 Å². The molecular weight excluding hydrogens is 508 g/mol. The molecule has 0 amide bonds. The van der Waals surface area contributed by atoms with Crippen molar-refractivity contribution in [1.29, 1.82) is 0 Å². The standard InChI is InChI=1S/C18H18F3IN2O3S/c1-24-9-8-14(11-24)27-17-10-13(4-7-16(17)18(19,20)21)23-28(25,26)15-5-2-12(22)3-6-15/h2-7,10,14,23H,8-9,11H2,1H3/t14-/m1/s1. The van der Waals surface area contributed by atoms with Gasteiger partial charge in [-0.2, -0.15) is 13.2 Å². The minimum atomic E-state index is -4.60. The minimum Gasteiger partial charge on any atom is -0.488 e. The molecule has 1 atom stereocenters. The van der Waals surface area contributed by atoms with Crippen molar-refractivity contribution in [3.8, 4) is 5.75 Å². The molecule has 0 aliphatic carbocycles. The number of benzene rings is 2. The molecule has 0 bridgehead atoms. The molecule has 0 radical (unpaired) electrons.